The number of hydrogen-bond acceptors (Lipinski definition) is 3. The highest BCUT2D eigenvalue weighted by Gasteiger charge is 2.32. The molecule has 1 amide bonds. The third-order valence-electron chi connectivity index (χ3n) is 3.21. The summed E-state index contributed by atoms with van der Waals surface area (Å²) in [6, 6.07) is 9.37. The summed E-state index contributed by atoms with van der Waals surface area (Å²) in [5, 5.41) is 4.19. The molecule has 2 rings (SSSR count). The average molecular weight is 405 g/mol. The minimum Gasteiger partial charge on any atom is -0.479 e. The van der Waals surface area contributed by atoms with Crippen LogP contribution in [0.3, 0.4) is 0 Å². The number of hydrogen-bond donors (Lipinski definition) is 1. The lowest BCUT2D eigenvalue weighted by Crippen LogP contribution is -2.33. The second kappa shape index (κ2) is 8.42. The van der Waals surface area contributed by atoms with E-state index in [2.05, 4.69) is 10.5 Å². The second-order valence-electron chi connectivity index (χ2n) is 5.15. The van der Waals surface area contributed by atoms with Gasteiger partial charge in [-0.15, -0.1) is 0 Å². The maximum Gasteiger partial charge on any atom is 0.417 e. The number of ether oxygens (including phenoxy) is 1. The number of amides is 1. The molecule has 0 aliphatic carbocycles. The first kappa shape index (κ1) is 20.1. The summed E-state index contributed by atoms with van der Waals surface area (Å²) in [7, 11) is 0. The summed E-state index contributed by atoms with van der Waals surface area (Å²) in [6.45, 7) is 1.44. The van der Waals surface area contributed by atoms with E-state index in [0.717, 1.165) is 12.3 Å². The number of carbonyl (C=O) groups excluding carboxylic acids is 1. The molecule has 0 aliphatic heterocycles. The number of benzene rings is 2. The van der Waals surface area contributed by atoms with Crippen molar-refractivity contribution in [3.05, 3.63) is 63.6 Å². The van der Waals surface area contributed by atoms with Crippen LogP contribution >= 0.6 is 23.2 Å². The average Bonchev–Trinajstić information content (AvgIpc) is 2.56. The molecule has 26 heavy (non-hydrogen) atoms. The van der Waals surface area contributed by atoms with Gasteiger partial charge in [-0.2, -0.15) is 18.3 Å². The van der Waals surface area contributed by atoms with Gasteiger partial charge in [-0.25, -0.2) is 5.43 Å². The van der Waals surface area contributed by atoms with Crippen molar-refractivity contribution in [2.75, 3.05) is 0 Å². The SMILES string of the molecule is CC(Oc1ccc(Cl)cc1Cl)C(=O)N/N=C/c1ccccc1C(F)(F)F. The van der Waals surface area contributed by atoms with Crippen LogP contribution in [0.15, 0.2) is 47.6 Å². The maximum absolute atomic E-state index is 12.9. The topological polar surface area (TPSA) is 50.7 Å². The Kier molecular flexibility index (Phi) is 6.50. The molecular formula is C17H13Cl2F3N2O2. The summed E-state index contributed by atoms with van der Waals surface area (Å²) < 4.78 is 44.0. The normalized spacial score (nSPS) is 12.8. The molecule has 138 valence electrons. The van der Waals surface area contributed by atoms with Crippen molar-refractivity contribution in [3.8, 4) is 5.75 Å². The van der Waals surface area contributed by atoms with Crippen LogP contribution in [0.4, 0.5) is 13.2 Å². The molecule has 0 aliphatic rings. The Morgan fingerprint density at radius 1 is 1.23 bits per heavy atom. The van der Waals surface area contributed by atoms with E-state index < -0.39 is 23.8 Å². The van der Waals surface area contributed by atoms with Gasteiger partial charge >= 0.3 is 6.18 Å². The van der Waals surface area contributed by atoms with Crippen LogP contribution in [0.25, 0.3) is 0 Å². The fourth-order valence-corrected chi connectivity index (χ4v) is 2.39. The zero-order valence-corrected chi connectivity index (χ0v) is 14.9. The summed E-state index contributed by atoms with van der Waals surface area (Å²) in [6.07, 6.45) is -4.58. The molecule has 0 bridgehead atoms. The van der Waals surface area contributed by atoms with Gasteiger partial charge in [0, 0.05) is 10.6 Å². The summed E-state index contributed by atoms with van der Waals surface area (Å²) in [5.74, 6) is -0.415. The van der Waals surface area contributed by atoms with Gasteiger partial charge in [-0.1, -0.05) is 41.4 Å². The lowest BCUT2D eigenvalue weighted by atomic mass is 10.1. The standard InChI is InChI=1S/C17H13Cl2F3N2O2/c1-10(26-15-7-6-12(18)8-14(15)19)16(25)24-23-9-11-4-2-3-5-13(11)17(20,21)22/h2-10H,1H3,(H,24,25)/b23-9+. The Morgan fingerprint density at radius 2 is 1.92 bits per heavy atom. The molecule has 2 aromatic rings. The van der Waals surface area contributed by atoms with Gasteiger partial charge in [0.15, 0.2) is 6.10 Å². The van der Waals surface area contributed by atoms with Gasteiger partial charge in [-0.3, -0.25) is 4.79 Å². The fourth-order valence-electron chi connectivity index (χ4n) is 1.94. The van der Waals surface area contributed by atoms with Gasteiger partial charge < -0.3 is 4.74 Å². The molecule has 0 heterocycles. The minimum atomic E-state index is -4.52. The van der Waals surface area contributed by atoms with Gasteiger partial charge in [0.2, 0.25) is 0 Å². The molecule has 0 aromatic heterocycles. The summed E-state index contributed by atoms with van der Waals surface area (Å²) in [5.41, 5.74) is 1.11. The van der Waals surface area contributed by atoms with Crippen LogP contribution < -0.4 is 10.2 Å². The number of nitrogens with one attached hydrogen (secondary N) is 1. The van der Waals surface area contributed by atoms with E-state index in [1.807, 2.05) is 0 Å². The van der Waals surface area contributed by atoms with Crippen molar-refractivity contribution >= 4 is 35.3 Å². The number of carbonyl (C=O) groups is 1. The Labute approximate surface area is 157 Å². The Hall–Kier alpha value is -2.25. The third kappa shape index (κ3) is 5.37. The summed E-state index contributed by atoms with van der Waals surface area (Å²) in [4.78, 5) is 12.0. The minimum absolute atomic E-state index is 0.172. The highest BCUT2D eigenvalue weighted by Crippen LogP contribution is 2.31. The predicted octanol–water partition coefficient (Wildman–Crippen LogP) is 4.93. The van der Waals surface area contributed by atoms with E-state index in [-0.39, 0.29) is 16.3 Å². The van der Waals surface area contributed by atoms with Gasteiger partial charge in [0.1, 0.15) is 5.75 Å². The molecule has 0 saturated heterocycles. The molecule has 0 radical (unpaired) electrons. The molecule has 4 nitrogen and oxygen atoms in total. The first-order valence-electron chi connectivity index (χ1n) is 7.29. The van der Waals surface area contributed by atoms with Crippen LogP contribution in [0, 0.1) is 0 Å². The molecule has 1 N–H and O–H groups in total. The number of nitrogens with zero attached hydrogens (tertiary/aromatic N) is 1. The third-order valence-corrected chi connectivity index (χ3v) is 3.74. The number of hydrazone groups is 1. The zero-order valence-electron chi connectivity index (χ0n) is 13.3. The predicted molar refractivity (Wildman–Crippen MR) is 93.7 cm³/mol. The number of halogens is 5. The van der Waals surface area contributed by atoms with E-state index in [1.165, 1.54) is 37.3 Å². The molecule has 9 heteroatoms. The molecular weight excluding hydrogens is 392 g/mol. The van der Waals surface area contributed by atoms with Crippen molar-refractivity contribution in [1.29, 1.82) is 0 Å². The maximum atomic E-state index is 12.9. The second-order valence-corrected chi connectivity index (χ2v) is 6.00. The van der Waals surface area contributed by atoms with Crippen molar-refractivity contribution < 1.29 is 22.7 Å². The first-order valence-corrected chi connectivity index (χ1v) is 8.05. The molecule has 0 fully saturated rings. The zero-order chi connectivity index (χ0) is 19.3. The molecule has 2 aromatic carbocycles. The largest absolute Gasteiger partial charge is 0.479 e. The van der Waals surface area contributed by atoms with E-state index >= 15 is 0 Å². The molecule has 0 saturated carbocycles. The van der Waals surface area contributed by atoms with Crippen LogP contribution in [0.5, 0.6) is 5.75 Å². The first-order chi connectivity index (χ1) is 12.2. The smallest absolute Gasteiger partial charge is 0.417 e. The van der Waals surface area contributed by atoms with Crippen LogP contribution in [0.2, 0.25) is 10.0 Å². The van der Waals surface area contributed by atoms with Crippen LogP contribution in [-0.2, 0) is 11.0 Å². The Bertz CT molecular complexity index is 826. The van der Waals surface area contributed by atoms with E-state index in [9.17, 15) is 18.0 Å². The van der Waals surface area contributed by atoms with Crippen molar-refractivity contribution in [2.45, 2.75) is 19.2 Å². The monoisotopic (exact) mass is 404 g/mol. The fraction of sp³-hybridized carbons (Fsp3) is 0.176. The van der Waals surface area contributed by atoms with Crippen molar-refractivity contribution in [1.82, 2.24) is 5.43 Å². The van der Waals surface area contributed by atoms with E-state index in [4.69, 9.17) is 27.9 Å². The number of alkyl halides is 3. The van der Waals surface area contributed by atoms with Crippen molar-refractivity contribution in [2.24, 2.45) is 5.10 Å². The number of rotatable bonds is 5. The molecule has 1 atom stereocenters. The van der Waals surface area contributed by atoms with Gasteiger partial charge in [0.05, 0.1) is 16.8 Å². The van der Waals surface area contributed by atoms with Crippen LogP contribution in [0.1, 0.15) is 18.1 Å². The molecule has 1 unspecified atom stereocenters. The van der Waals surface area contributed by atoms with Crippen LogP contribution in [-0.4, -0.2) is 18.2 Å². The lowest BCUT2D eigenvalue weighted by molar-refractivity contribution is -0.137. The highest BCUT2D eigenvalue weighted by atomic mass is 35.5. The van der Waals surface area contributed by atoms with E-state index in [0.29, 0.717) is 5.02 Å². The molecule has 0 spiro atoms. The quantitative estimate of drug-likeness (QED) is 0.567. The van der Waals surface area contributed by atoms with Gasteiger partial charge in [-0.05, 0) is 31.2 Å². The van der Waals surface area contributed by atoms with Crippen molar-refractivity contribution in [3.63, 3.8) is 0 Å². The highest BCUT2D eigenvalue weighted by molar-refractivity contribution is 6.35. The van der Waals surface area contributed by atoms with Gasteiger partial charge in [0.25, 0.3) is 5.91 Å². The summed E-state index contributed by atoms with van der Waals surface area (Å²) >= 11 is 11.7. The Morgan fingerprint density at radius 3 is 2.58 bits per heavy atom. The lowest BCUT2D eigenvalue weighted by Gasteiger charge is -2.14. The van der Waals surface area contributed by atoms with E-state index in [1.54, 1.807) is 6.07 Å². The Balaban J connectivity index is 2.01.